The Kier molecular flexibility index (Phi) is 4.81. The second-order valence-electron chi connectivity index (χ2n) is 3.78. The fourth-order valence-electron chi connectivity index (χ4n) is 1.85. The molecule has 3 nitrogen and oxygen atoms in total. The molecule has 1 aromatic heterocycles. The van der Waals surface area contributed by atoms with Gasteiger partial charge in [-0.25, -0.2) is 8.78 Å². The van der Waals surface area contributed by atoms with E-state index in [2.05, 4.69) is 5.32 Å². The minimum Gasteiger partial charge on any atom is -0.316 e. The van der Waals surface area contributed by atoms with Gasteiger partial charge >= 0.3 is 0 Å². The lowest BCUT2D eigenvalue weighted by molar-refractivity contribution is -0.904. The molecular formula is C12H19F2N2O+. The Morgan fingerprint density at radius 3 is 2.47 bits per heavy atom. The summed E-state index contributed by atoms with van der Waals surface area (Å²) < 4.78 is 27.9. The lowest BCUT2D eigenvalue weighted by Crippen LogP contribution is -2.43. The third-order valence-electron chi connectivity index (χ3n) is 2.74. The predicted molar refractivity (Wildman–Crippen MR) is 60.3 cm³/mol. The maximum absolute atomic E-state index is 13.5. The molecule has 1 aliphatic rings. The summed E-state index contributed by atoms with van der Waals surface area (Å²) in [6.07, 6.45) is 2.59. The van der Waals surface area contributed by atoms with Crippen molar-refractivity contribution >= 4 is 0 Å². The van der Waals surface area contributed by atoms with E-state index in [0.29, 0.717) is 12.1 Å². The number of halogens is 2. The summed E-state index contributed by atoms with van der Waals surface area (Å²) in [7, 11) is 0. The Balaban J connectivity index is 0.000000686. The molecule has 1 unspecified atom stereocenters. The smallest absolute Gasteiger partial charge is 0.257 e. The molecule has 17 heavy (non-hydrogen) atoms. The van der Waals surface area contributed by atoms with Crippen LogP contribution in [0.3, 0.4) is 0 Å². The average molecular weight is 245 g/mol. The van der Waals surface area contributed by atoms with E-state index >= 15 is 0 Å². The van der Waals surface area contributed by atoms with Gasteiger partial charge in [0.15, 0.2) is 0 Å². The van der Waals surface area contributed by atoms with E-state index < -0.39 is 11.8 Å². The van der Waals surface area contributed by atoms with Gasteiger partial charge in [0.25, 0.3) is 5.92 Å². The van der Waals surface area contributed by atoms with Crippen LogP contribution in [-0.4, -0.2) is 24.2 Å². The standard InChI is InChI=1S/C10H13F2N2O.C2H6/c11-10(12)3-4-13-7-9(10)8-1-5-14(15)6-2-8;1-2/h1-2,5-6,9,13,15H,3-4,7H2;1-2H3/q+1;. The minimum atomic E-state index is -2.66. The van der Waals surface area contributed by atoms with Crippen LogP contribution in [0.5, 0.6) is 0 Å². The summed E-state index contributed by atoms with van der Waals surface area (Å²) in [5.74, 6) is -3.46. The number of hydrogen-bond acceptors (Lipinski definition) is 2. The van der Waals surface area contributed by atoms with Crippen LogP contribution < -0.4 is 10.0 Å². The number of piperidine rings is 1. The van der Waals surface area contributed by atoms with Crippen molar-refractivity contribution in [2.24, 2.45) is 0 Å². The maximum Gasteiger partial charge on any atom is 0.257 e. The molecule has 0 bridgehead atoms. The molecule has 0 aliphatic carbocycles. The number of hydrogen-bond donors (Lipinski definition) is 2. The van der Waals surface area contributed by atoms with Gasteiger partial charge in [-0.1, -0.05) is 13.8 Å². The van der Waals surface area contributed by atoms with Crippen molar-refractivity contribution in [1.82, 2.24) is 5.32 Å². The average Bonchev–Trinajstić information content (AvgIpc) is 2.33. The van der Waals surface area contributed by atoms with Crippen molar-refractivity contribution < 1.29 is 18.7 Å². The number of nitrogens with zero attached hydrogens (tertiary/aromatic N) is 1. The second-order valence-corrected chi connectivity index (χ2v) is 3.78. The largest absolute Gasteiger partial charge is 0.316 e. The summed E-state index contributed by atoms with van der Waals surface area (Å²) in [5.41, 5.74) is 0.553. The van der Waals surface area contributed by atoms with Gasteiger partial charge in [-0.2, -0.15) is 0 Å². The Bertz CT molecular complexity index is 341. The molecule has 0 aromatic carbocycles. The minimum absolute atomic E-state index is 0.133. The highest BCUT2D eigenvalue weighted by atomic mass is 19.3. The van der Waals surface area contributed by atoms with Crippen molar-refractivity contribution in [3.63, 3.8) is 0 Å². The number of aromatic nitrogens is 1. The topological polar surface area (TPSA) is 36.1 Å². The Hall–Kier alpha value is -1.23. The molecule has 2 N–H and O–H groups in total. The Morgan fingerprint density at radius 1 is 1.35 bits per heavy atom. The predicted octanol–water partition coefficient (Wildman–Crippen LogP) is 1.95. The highest BCUT2D eigenvalue weighted by Crippen LogP contribution is 2.37. The van der Waals surface area contributed by atoms with Gasteiger partial charge in [-0.15, -0.1) is 0 Å². The first kappa shape index (κ1) is 13.8. The van der Waals surface area contributed by atoms with Gasteiger partial charge in [0.05, 0.1) is 5.92 Å². The zero-order chi connectivity index (χ0) is 12.9. The number of alkyl halides is 2. The fourth-order valence-corrected chi connectivity index (χ4v) is 1.85. The van der Waals surface area contributed by atoms with Crippen molar-refractivity contribution in [3.8, 4) is 0 Å². The molecule has 2 rings (SSSR count). The first-order valence-electron chi connectivity index (χ1n) is 5.88. The van der Waals surface area contributed by atoms with Crippen LogP contribution in [0, 0.1) is 0 Å². The van der Waals surface area contributed by atoms with Gasteiger partial charge < -0.3 is 5.32 Å². The van der Waals surface area contributed by atoms with Crippen molar-refractivity contribution in [2.75, 3.05) is 13.1 Å². The molecule has 1 fully saturated rings. The molecule has 96 valence electrons. The normalized spacial score (nSPS) is 22.5. The van der Waals surface area contributed by atoms with Crippen LogP contribution in [0.15, 0.2) is 24.5 Å². The zero-order valence-corrected chi connectivity index (χ0v) is 10.2. The Morgan fingerprint density at radius 2 is 1.94 bits per heavy atom. The lowest BCUT2D eigenvalue weighted by atomic mass is 9.89. The second kappa shape index (κ2) is 5.91. The molecule has 1 aromatic rings. The van der Waals surface area contributed by atoms with Crippen molar-refractivity contribution in [3.05, 3.63) is 30.1 Å². The van der Waals surface area contributed by atoms with Crippen LogP contribution >= 0.6 is 0 Å². The van der Waals surface area contributed by atoms with E-state index in [1.54, 1.807) is 0 Å². The van der Waals surface area contributed by atoms with Crippen molar-refractivity contribution in [2.45, 2.75) is 32.1 Å². The van der Waals surface area contributed by atoms with E-state index in [4.69, 9.17) is 5.21 Å². The Labute approximate surface area is 100 Å². The molecule has 0 saturated carbocycles. The van der Waals surface area contributed by atoms with Crippen molar-refractivity contribution in [1.29, 1.82) is 0 Å². The zero-order valence-electron chi connectivity index (χ0n) is 10.2. The highest BCUT2D eigenvalue weighted by molar-refractivity contribution is 5.19. The molecule has 0 spiro atoms. The molecule has 1 atom stereocenters. The summed E-state index contributed by atoms with van der Waals surface area (Å²) in [6.45, 7) is 4.64. The number of rotatable bonds is 1. The molecule has 5 heteroatoms. The van der Waals surface area contributed by atoms with Crippen LogP contribution in [0.2, 0.25) is 0 Å². The van der Waals surface area contributed by atoms with Gasteiger partial charge in [0.1, 0.15) is 0 Å². The van der Waals surface area contributed by atoms with Crippen LogP contribution in [0.4, 0.5) is 8.78 Å². The molecule has 1 aliphatic heterocycles. The lowest BCUT2D eigenvalue weighted by Gasteiger charge is -2.31. The van der Waals surface area contributed by atoms with E-state index in [1.807, 2.05) is 13.8 Å². The van der Waals surface area contributed by atoms with Gasteiger partial charge in [0.2, 0.25) is 12.4 Å². The van der Waals surface area contributed by atoms with E-state index in [1.165, 1.54) is 24.5 Å². The number of pyridine rings is 1. The van der Waals surface area contributed by atoms with Crippen LogP contribution in [0.1, 0.15) is 31.7 Å². The van der Waals surface area contributed by atoms with Crippen LogP contribution in [0.25, 0.3) is 0 Å². The summed E-state index contributed by atoms with van der Waals surface area (Å²) in [4.78, 5) is 0. The monoisotopic (exact) mass is 245 g/mol. The summed E-state index contributed by atoms with van der Waals surface area (Å²) >= 11 is 0. The van der Waals surface area contributed by atoms with Gasteiger partial charge in [-0.05, 0) is 5.56 Å². The fraction of sp³-hybridized carbons (Fsp3) is 0.583. The van der Waals surface area contributed by atoms with Crippen LogP contribution in [-0.2, 0) is 0 Å². The third-order valence-corrected chi connectivity index (χ3v) is 2.74. The quantitative estimate of drug-likeness (QED) is 0.586. The molecular weight excluding hydrogens is 226 g/mol. The third kappa shape index (κ3) is 3.36. The molecule has 2 heterocycles. The van der Waals surface area contributed by atoms with E-state index in [-0.39, 0.29) is 13.0 Å². The first-order chi connectivity index (χ1) is 8.09. The summed E-state index contributed by atoms with van der Waals surface area (Å²) in [5, 5.41) is 12.0. The molecule has 1 saturated heterocycles. The van der Waals surface area contributed by atoms with E-state index in [0.717, 1.165) is 4.73 Å². The van der Waals surface area contributed by atoms with E-state index in [9.17, 15) is 8.78 Å². The van der Waals surface area contributed by atoms with Gasteiger partial charge in [0, 0.05) is 36.4 Å². The molecule has 0 amide bonds. The highest BCUT2D eigenvalue weighted by Gasteiger charge is 2.42. The maximum atomic E-state index is 13.5. The number of nitrogens with one attached hydrogen (secondary N) is 1. The van der Waals surface area contributed by atoms with Gasteiger partial charge in [-0.3, -0.25) is 5.21 Å². The first-order valence-corrected chi connectivity index (χ1v) is 5.88. The molecule has 0 radical (unpaired) electrons. The summed E-state index contributed by atoms with van der Waals surface area (Å²) in [6, 6.07) is 3.04. The SMILES string of the molecule is CC.O[n+]1ccc(C2CNCCC2(F)F)cc1.